The molecule has 0 saturated heterocycles. The topological polar surface area (TPSA) is 96.0 Å². The molecule has 41 heavy (non-hydrogen) atoms. The highest BCUT2D eigenvalue weighted by atomic mass is 32.2. The summed E-state index contributed by atoms with van der Waals surface area (Å²) in [6.45, 7) is 9.21. The Balaban J connectivity index is 1.67. The lowest BCUT2D eigenvalue weighted by Crippen LogP contribution is -2.47. The minimum atomic E-state index is -4.79. The highest BCUT2D eigenvalue weighted by Crippen LogP contribution is 2.44. The molecule has 0 aromatic heterocycles. The Morgan fingerprint density at radius 2 is 1.71 bits per heavy atom. The Hall–Kier alpha value is -3.57. The Bertz CT molecular complexity index is 1550. The van der Waals surface area contributed by atoms with Crippen molar-refractivity contribution in [2.75, 3.05) is 6.54 Å². The molecule has 3 aromatic carbocycles. The summed E-state index contributed by atoms with van der Waals surface area (Å²) in [5.74, 6) is -1.42. The number of aryl methyl sites for hydroxylation is 1. The molecule has 0 fully saturated rings. The first-order valence-electron chi connectivity index (χ1n) is 13.0. The van der Waals surface area contributed by atoms with Gasteiger partial charge in [0.2, 0.25) is 10.0 Å². The van der Waals surface area contributed by atoms with Crippen LogP contribution in [0.5, 0.6) is 11.5 Å². The maximum Gasteiger partial charge on any atom is 0.573 e. The van der Waals surface area contributed by atoms with E-state index in [0.717, 1.165) is 16.7 Å². The number of sulfonamides is 1. The van der Waals surface area contributed by atoms with Gasteiger partial charge in [-0.2, -0.15) is 4.31 Å². The third kappa shape index (κ3) is 6.36. The van der Waals surface area contributed by atoms with Crippen LogP contribution in [0.2, 0.25) is 0 Å². The van der Waals surface area contributed by atoms with E-state index in [9.17, 15) is 31.5 Å². The fraction of sp³-hybridized carbons (Fsp3) is 0.367. The largest absolute Gasteiger partial charge is 0.573 e. The van der Waals surface area contributed by atoms with Crippen molar-refractivity contribution in [1.82, 2.24) is 4.31 Å². The number of alkyl halides is 3. The number of aliphatic carboxylic acids is 1. The molecule has 4 rings (SSSR count). The van der Waals surface area contributed by atoms with Crippen LogP contribution >= 0.6 is 0 Å². The molecule has 1 heterocycles. The first-order valence-corrected chi connectivity index (χ1v) is 14.5. The van der Waals surface area contributed by atoms with Gasteiger partial charge in [-0.1, -0.05) is 45.0 Å². The molecule has 0 amide bonds. The standard InChI is InChI=1S/C30H32F3NO6S/c1-6-26(28(35)36)39-27-14-12-23(15-18(27)2)41(37,38)34-17-29(4,5)25-13-9-21(16-24(25)19(34)3)20-7-10-22(11-8-20)40-30(31,32)33/h7-16,19,26H,6,17H2,1-5H3,(H,35,36)/p-1. The van der Waals surface area contributed by atoms with Crippen molar-refractivity contribution < 1.29 is 41.0 Å². The number of carbonyl (C=O) groups is 1. The molecule has 0 radical (unpaired) electrons. The molecular weight excluding hydrogens is 559 g/mol. The SMILES string of the molecule is CCC(Oc1ccc(S(=O)(=O)N2CC(C)(C)c3ccc(-c4ccc(OC(F)(F)F)cc4)cc3C2C)cc1C)C(=O)[O-]. The first-order chi connectivity index (χ1) is 19.0. The fourth-order valence-electron chi connectivity index (χ4n) is 5.11. The van der Waals surface area contributed by atoms with E-state index in [1.807, 2.05) is 32.0 Å². The predicted octanol–water partition coefficient (Wildman–Crippen LogP) is 5.51. The molecule has 1 aliphatic rings. The predicted molar refractivity (Wildman–Crippen MR) is 145 cm³/mol. The van der Waals surface area contributed by atoms with E-state index in [1.165, 1.54) is 46.8 Å². The van der Waals surface area contributed by atoms with Gasteiger partial charge in [0.05, 0.1) is 10.9 Å². The van der Waals surface area contributed by atoms with E-state index in [1.54, 1.807) is 20.8 Å². The molecule has 2 unspecified atom stereocenters. The summed E-state index contributed by atoms with van der Waals surface area (Å²) in [4.78, 5) is 11.3. The smallest absolute Gasteiger partial charge is 0.546 e. The Morgan fingerprint density at radius 3 is 2.27 bits per heavy atom. The number of halogens is 3. The quantitative estimate of drug-likeness (QED) is 0.343. The molecular formula is C30H31F3NO6S-. The Labute approximate surface area is 237 Å². The van der Waals surface area contributed by atoms with E-state index < -0.39 is 39.9 Å². The van der Waals surface area contributed by atoms with Crippen molar-refractivity contribution in [3.63, 3.8) is 0 Å². The van der Waals surface area contributed by atoms with Gasteiger partial charge in [-0.3, -0.25) is 0 Å². The van der Waals surface area contributed by atoms with Crippen molar-refractivity contribution in [3.8, 4) is 22.6 Å². The third-order valence-corrected chi connectivity index (χ3v) is 9.20. The summed E-state index contributed by atoms with van der Waals surface area (Å²) in [7, 11) is -3.99. The van der Waals surface area contributed by atoms with Crippen LogP contribution < -0.4 is 14.6 Å². The number of rotatable bonds is 8. The second-order valence-corrected chi connectivity index (χ2v) is 12.6. The van der Waals surface area contributed by atoms with Crippen LogP contribution in [0, 0.1) is 6.92 Å². The molecule has 0 spiro atoms. The molecule has 11 heteroatoms. The molecule has 3 aromatic rings. The number of carboxylic acids is 1. The highest BCUT2D eigenvalue weighted by molar-refractivity contribution is 7.89. The van der Waals surface area contributed by atoms with Gasteiger partial charge in [-0.25, -0.2) is 8.42 Å². The zero-order chi connectivity index (χ0) is 30.3. The number of hydrogen-bond acceptors (Lipinski definition) is 6. The summed E-state index contributed by atoms with van der Waals surface area (Å²) in [5, 5.41) is 11.3. The Kier molecular flexibility index (Phi) is 8.17. The second-order valence-electron chi connectivity index (χ2n) is 10.7. The first kappa shape index (κ1) is 30.4. The fourth-order valence-corrected chi connectivity index (χ4v) is 6.97. The number of fused-ring (bicyclic) bond motifs is 1. The van der Waals surface area contributed by atoms with Gasteiger partial charge in [-0.15, -0.1) is 13.2 Å². The maximum atomic E-state index is 13.9. The molecule has 7 nitrogen and oxygen atoms in total. The van der Waals surface area contributed by atoms with Crippen LogP contribution in [0.25, 0.3) is 11.1 Å². The van der Waals surface area contributed by atoms with E-state index >= 15 is 0 Å². The van der Waals surface area contributed by atoms with Crippen molar-refractivity contribution in [2.24, 2.45) is 0 Å². The van der Waals surface area contributed by atoms with Crippen LogP contribution in [0.15, 0.2) is 65.6 Å². The maximum absolute atomic E-state index is 13.9. The molecule has 0 N–H and O–H groups in total. The van der Waals surface area contributed by atoms with E-state index in [-0.39, 0.29) is 29.4 Å². The average Bonchev–Trinajstić information content (AvgIpc) is 2.89. The van der Waals surface area contributed by atoms with Crippen LogP contribution in [0.4, 0.5) is 13.2 Å². The summed E-state index contributed by atoms with van der Waals surface area (Å²) in [6.07, 6.45) is -5.75. The van der Waals surface area contributed by atoms with Gasteiger partial charge in [-0.05, 0) is 84.5 Å². The molecule has 0 aliphatic carbocycles. The van der Waals surface area contributed by atoms with Gasteiger partial charge in [0.1, 0.15) is 17.6 Å². The number of hydrogen-bond donors (Lipinski definition) is 0. The van der Waals surface area contributed by atoms with Gasteiger partial charge < -0.3 is 19.4 Å². The van der Waals surface area contributed by atoms with E-state index in [4.69, 9.17) is 4.74 Å². The summed E-state index contributed by atoms with van der Waals surface area (Å²) in [6, 6.07) is 14.9. The number of benzene rings is 3. The molecule has 0 bridgehead atoms. The summed E-state index contributed by atoms with van der Waals surface area (Å²) in [5.41, 5.74) is 3.06. The number of ether oxygens (including phenoxy) is 2. The van der Waals surface area contributed by atoms with Crippen LogP contribution in [-0.4, -0.2) is 37.7 Å². The lowest BCUT2D eigenvalue weighted by atomic mass is 9.76. The summed E-state index contributed by atoms with van der Waals surface area (Å²) >= 11 is 0. The molecule has 0 saturated carbocycles. The van der Waals surface area contributed by atoms with Crippen LogP contribution in [-0.2, 0) is 20.2 Å². The number of carboxylic acid groups (broad SMARTS) is 1. The normalized spacial score (nSPS) is 17.9. The van der Waals surface area contributed by atoms with Gasteiger partial charge in [0.15, 0.2) is 0 Å². The second kappa shape index (κ2) is 11.0. The molecule has 2 atom stereocenters. The van der Waals surface area contributed by atoms with E-state index in [0.29, 0.717) is 11.1 Å². The lowest BCUT2D eigenvalue weighted by Gasteiger charge is -2.43. The zero-order valence-corrected chi connectivity index (χ0v) is 24.1. The average molecular weight is 591 g/mol. The number of carbonyl (C=O) groups excluding carboxylic acids is 1. The van der Waals surface area contributed by atoms with Gasteiger partial charge >= 0.3 is 6.36 Å². The zero-order valence-electron chi connectivity index (χ0n) is 23.3. The van der Waals surface area contributed by atoms with Crippen LogP contribution in [0.3, 0.4) is 0 Å². The monoisotopic (exact) mass is 590 g/mol. The van der Waals surface area contributed by atoms with Gasteiger partial charge in [0.25, 0.3) is 0 Å². The Morgan fingerprint density at radius 1 is 1.07 bits per heavy atom. The number of nitrogens with zero attached hydrogens (tertiary/aromatic N) is 1. The lowest BCUT2D eigenvalue weighted by molar-refractivity contribution is -0.313. The van der Waals surface area contributed by atoms with Gasteiger partial charge in [0, 0.05) is 18.0 Å². The third-order valence-electron chi connectivity index (χ3n) is 7.29. The van der Waals surface area contributed by atoms with E-state index in [2.05, 4.69) is 4.74 Å². The molecule has 220 valence electrons. The van der Waals surface area contributed by atoms with Crippen molar-refractivity contribution in [2.45, 2.75) is 69.9 Å². The van der Waals surface area contributed by atoms with Crippen LogP contribution in [0.1, 0.15) is 56.8 Å². The minimum absolute atomic E-state index is 0.0476. The highest BCUT2D eigenvalue weighted by Gasteiger charge is 2.42. The van der Waals surface area contributed by atoms with Crippen molar-refractivity contribution in [1.29, 1.82) is 0 Å². The molecule has 1 aliphatic heterocycles. The minimum Gasteiger partial charge on any atom is -0.546 e. The van der Waals surface area contributed by atoms with Crippen molar-refractivity contribution in [3.05, 3.63) is 77.4 Å². The van der Waals surface area contributed by atoms with Crippen molar-refractivity contribution >= 4 is 16.0 Å². The summed E-state index contributed by atoms with van der Waals surface area (Å²) < 4.78 is 76.4.